The van der Waals surface area contributed by atoms with E-state index in [1.54, 1.807) is 0 Å². The van der Waals surface area contributed by atoms with Gasteiger partial charge in [0.1, 0.15) is 23.7 Å². The van der Waals surface area contributed by atoms with E-state index in [1.165, 1.54) is 88.8 Å². The molecule has 5 nitrogen and oxygen atoms in total. The Kier molecular flexibility index (Phi) is 5.96. The van der Waals surface area contributed by atoms with Crippen LogP contribution >= 0.6 is 0 Å². The Balaban J connectivity index is 1.05. The highest BCUT2D eigenvalue weighted by atomic mass is 16.8. The zero-order valence-electron chi connectivity index (χ0n) is 30.3. The van der Waals surface area contributed by atoms with Gasteiger partial charge < -0.3 is 23.8 Å². The summed E-state index contributed by atoms with van der Waals surface area (Å²) in [6.45, 7) is 4.31. The molecule has 260 valence electrons. The molecule has 0 spiro atoms. The molecule has 6 aliphatic rings. The van der Waals surface area contributed by atoms with Crippen molar-refractivity contribution in [2.24, 2.45) is 0 Å². The van der Waals surface area contributed by atoms with Crippen molar-refractivity contribution in [2.75, 3.05) is 4.90 Å². The topological polar surface area (TPSA) is 46.8 Å². The highest BCUT2D eigenvalue weighted by Crippen LogP contribution is 2.46. The zero-order chi connectivity index (χ0) is 36.1. The minimum atomic E-state index is -0.154. The second-order valence-electron chi connectivity index (χ2n) is 15.8. The molecular weight excluding hydrogens is 676 g/mol. The van der Waals surface area contributed by atoms with E-state index in [0.717, 1.165) is 17.1 Å². The molecule has 0 radical (unpaired) electrons. The number of ether oxygens (including phenoxy) is 4. The third-order valence-electron chi connectivity index (χ3n) is 12.6. The smallest absolute Gasteiger partial charge is 0.248 e. The second-order valence-corrected chi connectivity index (χ2v) is 15.8. The predicted molar refractivity (Wildman–Crippen MR) is 222 cm³/mol. The Morgan fingerprint density at radius 2 is 0.945 bits per heavy atom. The van der Waals surface area contributed by atoms with Crippen LogP contribution in [0.5, 0.6) is 11.5 Å². The van der Waals surface area contributed by atoms with Gasteiger partial charge in [0.2, 0.25) is 26.0 Å². The van der Waals surface area contributed by atoms with Gasteiger partial charge in [-0.25, -0.2) is 0 Å². The van der Waals surface area contributed by atoms with E-state index >= 15 is 0 Å². The average molecular weight is 709 g/mol. The van der Waals surface area contributed by atoms with Gasteiger partial charge in [0, 0.05) is 17.1 Å². The van der Waals surface area contributed by atoms with E-state index in [-0.39, 0.29) is 38.2 Å². The van der Waals surface area contributed by atoms with Crippen LogP contribution in [0, 0.1) is 0 Å². The van der Waals surface area contributed by atoms with Crippen LogP contribution in [-0.2, 0) is 9.47 Å². The maximum absolute atomic E-state index is 6.05. The van der Waals surface area contributed by atoms with Gasteiger partial charge in [-0.1, -0.05) is 108 Å². The molecule has 4 unspecified atom stereocenters. The van der Waals surface area contributed by atoms with Gasteiger partial charge in [0.25, 0.3) is 0 Å². The molecule has 0 aromatic heterocycles. The van der Waals surface area contributed by atoms with Crippen LogP contribution in [0.1, 0.15) is 13.8 Å². The van der Waals surface area contributed by atoms with Gasteiger partial charge in [0.15, 0.2) is 0 Å². The normalized spacial score (nSPS) is 20.7. The molecular formula is C48H33B2NO4. The van der Waals surface area contributed by atoms with Crippen LogP contribution < -0.4 is 47.2 Å². The zero-order valence-corrected chi connectivity index (χ0v) is 30.3. The van der Waals surface area contributed by atoms with Crippen molar-refractivity contribution in [1.82, 2.24) is 0 Å². The fourth-order valence-corrected chi connectivity index (χ4v) is 9.96. The first-order valence-electron chi connectivity index (χ1n) is 19.4. The summed E-state index contributed by atoms with van der Waals surface area (Å²) in [5.41, 5.74) is 22.1. The highest BCUT2D eigenvalue weighted by molar-refractivity contribution is 7.05. The first kappa shape index (κ1) is 30.3. The lowest BCUT2D eigenvalue weighted by Crippen LogP contribution is -2.63. The van der Waals surface area contributed by atoms with Crippen molar-refractivity contribution < 1.29 is 18.9 Å². The minimum absolute atomic E-state index is 0.106. The SMILES string of the molecule is CC1OC1Oc1ccc(-c2cc3c4c(c2)B2c5ccccc5-c5cc(-c6ccc(OC7OC7C)cc6)cc(c52)N4c2cccc4c2B3c2ccccc2-4)cc1. The van der Waals surface area contributed by atoms with Crippen molar-refractivity contribution in [3.05, 3.63) is 140 Å². The number of rotatable bonds is 6. The third-order valence-corrected chi connectivity index (χ3v) is 12.6. The molecule has 0 bridgehead atoms. The maximum atomic E-state index is 6.05. The number of nitrogens with zero attached hydrogens (tertiary/aromatic N) is 1. The summed E-state index contributed by atoms with van der Waals surface area (Å²) in [4.78, 5) is 2.61. The van der Waals surface area contributed by atoms with Gasteiger partial charge >= 0.3 is 0 Å². The summed E-state index contributed by atoms with van der Waals surface area (Å²) in [5.74, 6) is 1.66. The highest BCUT2D eigenvalue weighted by Gasteiger charge is 2.50. The lowest BCUT2D eigenvalue weighted by molar-refractivity contribution is 0.178. The van der Waals surface area contributed by atoms with Crippen LogP contribution in [0.3, 0.4) is 0 Å². The van der Waals surface area contributed by atoms with Crippen molar-refractivity contribution >= 4 is 63.3 Å². The summed E-state index contributed by atoms with van der Waals surface area (Å²) >= 11 is 0. The minimum Gasteiger partial charge on any atom is -0.462 e. The summed E-state index contributed by atoms with van der Waals surface area (Å²) in [7, 11) is 0. The molecule has 2 fully saturated rings. The number of benzene rings is 7. The molecule has 13 rings (SSSR count). The molecule has 7 heteroatoms. The standard InChI is InChI=1S/C48H33B2NO4/c1-26-47(52-26)54-32-18-14-28(15-19-32)30-22-37-35-9-4-6-12-39(35)50-41-24-31(29-16-20-33(21-17-29)55-48-27(2)53-48)23-40-46(41)51(43(25-30)45(37)50)42-13-7-10-36-34-8-3-5-11-38(34)49(40)44(36)42/h3-27,47-48H,1-2H3. The third kappa shape index (κ3) is 4.28. The fraction of sp³-hybridized carbons (Fsp3) is 0.125. The van der Waals surface area contributed by atoms with E-state index in [4.69, 9.17) is 18.9 Å². The molecule has 7 aromatic carbocycles. The molecule has 0 aliphatic carbocycles. The Morgan fingerprint density at radius 1 is 0.455 bits per heavy atom. The van der Waals surface area contributed by atoms with Crippen molar-refractivity contribution in [2.45, 2.75) is 38.6 Å². The average Bonchev–Trinajstić information content (AvgIpc) is 4.03. The molecule has 6 heterocycles. The Morgan fingerprint density at radius 3 is 1.51 bits per heavy atom. The van der Waals surface area contributed by atoms with E-state index in [1.807, 2.05) is 13.8 Å². The van der Waals surface area contributed by atoms with Crippen molar-refractivity contribution in [3.8, 4) is 56.0 Å². The fourth-order valence-electron chi connectivity index (χ4n) is 9.96. The molecule has 55 heavy (non-hydrogen) atoms. The van der Waals surface area contributed by atoms with E-state index < -0.39 is 0 Å². The second kappa shape index (κ2) is 10.8. The van der Waals surface area contributed by atoms with E-state index in [2.05, 4.69) is 144 Å². The van der Waals surface area contributed by atoms with Gasteiger partial charge in [-0.05, 0) is 123 Å². The van der Waals surface area contributed by atoms with Gasteiger partial charge in [0.05, 0.1) is 0 Å². The van der Waals surface area contributed by atoms with Crippen LogP contribution in [0.15, 0.2) is 140 Å². The largest absolute Gasteiger partial charge is 0.462 e. The summed E-state index contributed by atoms with van der Waals surface area (Å²) in [6.07, 6.45) is -0.0221. The molecule has 0 amide bonds. The molecule has 0 N–H and O–H groups in total. The van der Waals surface area contributed by atoms with E-state index in [0.29, 0.717) is 0 Å². The number of epoxide rings is 2. The summed E-state index contributed by atoms with van der Waals surface area (Å²) in [5, 5.41) is 0. The Bertz CT molecular complexity index is 2780. The predicted octanol–water partition coefficient (Wildman–Crippen LogP) is 6.36. The molecule has 0 saturated carbocycles. The number of fused-ring (bicyclic) bond motifs is 10. The number of hydrogen-bond donors (Lipinski definition) is 0. The molecule has 2 saturated heterocycles. The van der Waals surface area contributed by atoms with Gasteiger partial charge in [-0.2, -0.15) is 0 Å². The molecule has 4 atom stereocenters. The van der Waals surface area contributed by atoms with Crippen LogP contribution in [0.2, 0.25) is 0 Å². The quantitative estimate of drug-likeness (QED) is 0.149. The Labute approximate surface area is 320 Å². The lowest BCUT2D eigenvalue weighted by Gasteiger charge is -2.43. The number of anilines is 3. The van der Waals surface area contributed by atoms with Crippen molar-refractivity contribution in [3.63, 3.8) is 0 Å². The monoisotopic (exact) mass is 709 g/mol. The van der Waals surface area contributed by atoms with Crippen molar-refractivity contribution in [1.29, 1.82) is 0 Å². The first-order valence-corrected chi connectivity index (χ1v) is 19.4. The van der Waals surface area contributed by atoms with Crippen LogP contribution in [0.25, 0.3) is 44.5 Å². The van der Waals surface area contributed by atoms with Crippen LogP contribution in [-0.4, -0.2) is 38.2 Å². The molecule has 7 aromatic rings. The molecule has 6 aliphatic heterocycles. The van der Waals surface area contributed by atoms with Crippen LogP contribution in [0.4, 0.5) is 17.1 Å². The Hall–Kier alpha value is -6.01. The summed E-state index contributed by atoms with van der Waals surface area (Å²) < 4.78 is 23.1. The number of hydrogen-bond acceptors (Lipinski definition) is 5. The maximum Gasteiger partial charge on any atom is 0.248 e. The van der Waals surface area contributed by atoms with Gasteiger partial charge in [-0.15, -0.1) is 0 Å². The lowest BCUT2D eigenvalue weighted by atomic mass is 9.32. The van der Waals surface area contributed by atoms with E-state index in [9.17, 15) is 0 Å². The van der Waals surface area contributed by atoms with Gasteiger partial charge in [-0.3, -0.25) is 0 Å². The first-order chi connectivity index (χ1) is 27.1. The summed E-state index contributed by atoms with van der Waals surface area (Å²) in [6, 6.07) is 51.8.